The molecule has 0 aromatic rings. The van der Waals surface area contributed by atoms with Gasteiger partial charge in [0.05, 0.1) is 25.8 Å². The molecule has 2 heterocycles. The summed E-state index contributed by atoms with van der Waals surface area (Å²) in [7, 11) is 0. The molecule has 6 nitrogen and oxygen atoms in total. The van der Waals surface area contributed by atoms with E-state index in [2.05, 4.69) is 0 Å². The fourth-order valence-corrected chi connectivity index (χ4v) is 2.04. The van der Waals surface area contributed by atoms with Crippen LogP contribution in [0.5, 0.6) is 0 Å². The van der Waals surface area contributed by atoms with Crippen molar-refractivity contribution in [1.82, 2.24) is 4.90 Å². The quantitative estimate of drug-likeness (QED) is 0.317. The zero-order valence-corrected chi connectivity index (χ0v) is 7.70. The smallest absolute Gasteiger partial charge is 0.205 e. The molecular weight excluding hydrogens is 190 g/mol. The lowest BCUT2D eigenvalue weighted by Gasteiger charge is -2.48. The standard InChI is InChI=1S/C8H15NO5/c10-6-5-3-14-2-1-9(5)4-8(12,13)7(6)11/h5-7,10-13H,1-4H2. The molecule has 0 amide bonds. The Morgan fingerprint density at radius 3 is 2.71 bits per heavy atom. The van der Waals surface area contributed by atoms with Crippen LogP contribution in [0.1, 0.15) is 0 Å². The largest absolute Gasteiger partial charge is 0.388 e. The van der Waals surface area contributed by atoms with Gasteiger partial charge < -0.3 is 25.2 Å². The van der Waals surface area contributed by atoms with Gasteiger partial charge in [-0.15, -0.1) is 0 Å². The van der Waals surface area contributed by atoms with Crippen LogP contribution >= 0.6 is 0 Å². The predicted octanol–water partition coefficient (Wildman–Crippen LogP) is -2.90. The monoisotopic (exact) mass is 205 g/mol. The molecule has 82 valence electrons. The number of hydrogen-bond donors (Lipinski definition) is 4. The number of fused-ring (bicyclic) bond motifs is 1. The molecule has 3 unspecified atom stereocenters. The Kier molecular flexibility index (Phi) is 2.50. The van der Waals surface area contributed by atoms with Crippen LogP contribution in [0.25, 0.3) is 0 Å². The maximum atomic E-state index is 9.62. The number of aliphatic hydroxyl groups is 4. The van der Waals surface area contributed by atoms with E-state index < -0.39 is 18.0 Å². The molecule has 2 rings (SSSR count). The van der Waals surface area contributed by atoms with Gasteiger partial charge in [0.2, 0.25) is 5.79 Å². The van der Waals surface area contributed by atoms with E-state index in [-0.39, 0.29) is 12.6 Å². The molecule has 0 bridgehead atoms. The highest BCUT2D eigenvalue weighted by Crippen LogP contribution is 2.26. The van der Waals surface area contributed by atoms with Crippen molar-refractivity contribution in [3.8, 4) is 0 Å². The average molecular weight is 205 g/mol. The third-order valence-electron chi connectivity index (χ3n) is 2.91. The highest BCUT2D eigenvalue weighted by molar-refractivity contribution is 4.98. The molecule has 2 aliphatic rings. The minimum atomic E-state index is -2.23. The summed E-state index contributed by atoms with van der Waals surface area (Å²) in [5, 5.41) is 37.9. The molecule has 0 saturated carbocycles. The van der Waals surface area contributed by atoms with Gasteiger partial charge >= 0.3 is 0 Å². The predicted molar refractivity (Wildman–Crippen MR) is 45.4 cm³/mol. The second kappa shape index (κ2) is 3.41. The lowest BCUT2D eigenvalue weighted by molar-refractivity contribution is -0.295. The molecule has 0 aliphatic carbocycles. The van der Waals surface area contributed by atoms with Crippen LogP contribution in [-0.4, -0.2) is 75.7 Å². The number of rotatable bonds is 0. The Hall–Kier alpha value is -0.240. The molecule has 0 aromatic heterocycles. The van der Waals surface area contributed by atoms with Gasteiger partial charge in [-0.2, -0.15) is 0 Å². The first kappa shape index (κ1) is 10.3. The fraction of sp³-hybridized carbons (Fsp3) is 1.00. The van der Waals surface area contributed by atoms with Crippen LogP contribution in [0, 0.1) is 0 Å². The first-order valence-corrected chi connectivity index (χ1v) is 4.65. The Labute approximate surface area is 81.3 Å². The first-order valence-electron chi connectivity index (χ1n) is 4.65. The maximum Gasteiger partial charge on any atom is 0.205 e. The number of aliphatic hydroxyl groups excluding tert-OH is 2. The first-order chi connectivity index (χ1) is 6.52. The van der Waals surface area contributed by atoms with Gasteiger partial charge in [0.1, 0.15) is 12.2 Å². The molecule has 0 radical (unpaired) electrons. The topological polar surface area (TPSA) is 93.4 Å². The van der Waals surface area contributed by atoms with Gasteiger partial charge in [0.25, 0.3) is 0 Å². The number of nitrogens with zero attached hydrogens (tertiary/aromatic N) is 1. The summed E-state index contributed by atoms with van der Waals surface area (Å²) in [6, 6.07) is -0.342. The summed E-state index contributed by atoms with van der Waals surface area (Å²) < 4.78 is 5.15. The zero-order valence-electron chi connectivity index (χ0n) is 7.70. The van der Waals surface area contributed by atoms with E-state index in [0.29, 0.717) is 19.8 Å². The Bertz CT molecular complexity index is 220. The number of piperidine rings is 1. The van der Waals surface area contributed by atoms with E-state index in [9.17, 15) is 20.4 Å². The minimum Gasteiger partial charge on any atom is -0.388 e. The van der Waals surface area contributed by atoms with Crippen LogP contribution in [0.2, 0.25) is 0 Å². The summed E-state index contributed by atoms with van der Waals surface area (Å²) >= 11 is 0. The van der Waals surface area contributed by atoms with E-state index in [1.165, 1.54) is 0 Å². The van der Waals surface area contributed by atoms with Crippen LogP contribution in [0.3, 0.4) is 0 Å². The molecule has 14 heavy (non-hydrogen) atoms. The lowest BCUT2D eigenvalue weighted by atomic mass is 9.91. The normalized spacial score (nSPS) is 43.3. The minimum absolute atomic E-state index is 0.0563. The van der Waals surface area contributed by atoms with Crippen molar-refractivity contribution in [3.63, 3.8) is 0 Å². The lowest BCUT2D eigenvalue weighted by Crippen LogP contribution is -2.70. The maximum absolute atomic E-state index is 9.62. The second-order valence-corrected chi connectivity index (χ2v) is 3.93. The number of hydrogen-bond acceptors (Lipinski definition) is 6. The van der Waals surface area contributed by atoms with Crippen molar-refractivity contribution in [2.45, 2.75) is 24.0 Å². The summed E-state index contributed by atoms with van der Waals surface area (Å²) in [4.78, 5) is 1.72. The molecule has 6 heteroatoms. The molecule has 0 aromatic carbocycles. The van der Waals surface area contributed by atoms with E-state index >= 15 is 0 Å². The number of morpholine rings is 1. The van der Waals surface area contributed by atoms with Gasteiger partial charge in [-0.1, -0.05) is 0 Å². The molecule has 2 aliphatic heterocycles. The van der Waals surface area contributed by atoms with Crippen LogP contribution in [0.4, 0.5) is 0 Å². The van der Waals surface area contributed by atoms with Gasteiger partial charge in [0, 0.05) is 6.54 Å². The zero-order chi connectivity index (χ0) is 10.3. The van der Waals surface area contributed by atoms with Crippen molar-refractivity contribution in [1.29, 1.82) is 0 Å². The van der Waals surface area contributed by atoms with Crippen LogP contribution < -0.4 is 0 Å². The summed E-state index contributed by atoms with van der Waals surface area (Å²) in [5.74, 6) is -2.23. The van der Waals surface area contributed by atoms with Crippen LogP contribution in [-0.2, 0) is 4.74 Å². The van der Waals surface area contributed by atoms with E-state index in [0.717, 1.165) is 0 Å². The average Bonchev–Trinajstić information content (AvgIpc) is 2.14. The summed E-state index contributed by atoms with van der Waals surface area (Å²) in [5.41, 5.74) is 0. The van der Waals surface area contributed by atoms with E-state index in [4.69, 9.17) is 4.74 Å². The summed E-state index contributed by atoms with van der Waals surface area (Å²) in [6.07, 6.45) is -2.72. The van der Waals surface area contributed by atoms with Gasteiger partial charge in [-0.25, -0.2) is 0 Å². The molecule has 3 atom stereocenters. The van der Waals surface area contributed by atoms with Crippen molar-refractivity contribution in [3.05, 3.63) is 0 Å². The highest BCUT2D eigenvalue weighted by atomic mass is 16.5. The molecule has 2 saturated heterocycles. The Morgan fingerprint density at radius 1 is 1.29 bits per heavy atom. The number of ether oxygens (including phenoxy) is 1. The second-order valence-electron chi connectivity index (χ2n) is 3.93. The van der Waals surface area contributed by atoms with Crippen molar-refractivity contribution in [2.75, 3.05) is 26.3 Å². The van der Waals surface area contributed by atoms with Crippen molar-refractivity contribution >= 4 is 0 Å². The molecular formula is C8H15NO5. The third-order valence-corrected chi connectivity index (χ3v) is 2.91. The summed E-state index contributed by atoms with van der Waals surface area (Å²) in [6.45, 7) is 1.31. The van der Waals surface area contributed by atoms with Crippen LogP contribution in [0.15, 0.2) is 0 Å². The Balaban J connectivity index is 2.15. The van der Waals surface area contributed by atoms with Crippen molar-refractivity contribution < 1.29 is 25.2 Å². The molecule has 4 N–H and O–H groups in total. The SMILES string of the molecule is OC1C2COCCN2CC(O)(O)C1O. The van der Waals surface area contributed by atoms with Gasteiger partial charge in [0.15, 0.2) is 0 Å². The van der Waals surface area contributed by atoms with E-state index in [1.54, 1.807) is 4.90 Å². The molecule has 2 fully saturated rings. The van der Waals surface area contributed by atoms with Crippen molar-refractivity contribution in [2.24, 2.45) is 0 Å². The third kappa shape index (κ3) is 1.54. The Morgan fingerprint density at radius 2 is 2.00 bits per heavy atom. The molecule has 0 spiro atoms. The van der Waals surface area contributed by atoms with E-state index in [1.807, 2.05) is 0 Å². The van der Waals surface area contributed by atoms with Gasteiger partial charge in [-0.3, -0.25) is 4.90 Å². The van der Waals surface area contributed by atoms with Gasteiger partial charge in [-0.05, 0) is 0 Å². The highest BCUT2D eigenvalue weighted by Gasteiger charge is 2.50. The fourth-order valence-electron chi connectivity index (χ4n) is 2.04.